The van der Waals surface area contributed by atoms with Gasteiger partial charge in [-0.25, -0.2) is 0 Å². The topological polar surface area (TPSA) is 35.2 Å². The molecule has 0 unspecified atom stereocenters. The first-order valence-electron chi connectivity index (χ1n) is 6.87. The van der Waals surface area contributed by atoms with Crippen LogP contribution in [0.15, 0.2) is 41.3 Å². The minimum atomic E-state index is 0.790. The van der Waals surface area contributed by atoms with Gasteiger partial charge in [0.1, 0.15) is 5.75 Å². The molecule has 0 aliphatic carbocycles. The maximum atomic E-state index is 5.68. The van der Waals surface area contributed by atoms with Gasteiger partial charge < -0.3 is 4.74 Å². The molecule has 3 heteroatoms. The zero-order valence-electron chi connectivity index (χ0n) is 12.0. The highest BCUT2D eigenvalue weighted by Crippen LogP contribution is 2.24. The molecule has 2 N–H and O–H groups in total. The van der Waals surface area contributed by atoms with Crippen molar-refractivity contribution in [1.29, 1.82) is 0 Å². The summed E-state index contributed by atoms with van der Waals surface area (Å²) in [7, 11) is 0. The zero-order chi connectivity index (χ0) is 14.1. The van der Waals surface area contributed by atoms with Gasteiger partial charge in [0, 0.05) is 4.90 Å². The van der Waals surface area contributed by atoms with Crippen molar-refractivity contribution in [2.75, 3.05) is 6.61 Å². The molecule has 19 heavy (non-hydrogen) atoms. The van der Waals surface area contributed by atoms with Crippen molar-refractivity contribution >= 4 is 22.7 Å². The third-order valence-corrected chi connectivity index (χ3v) is 3.21. The van der Waals surface area contributed by atoms with Crippen LogP contribution in [0, 0.1) is 0 Å². The van der Waals surface area contributed by atoms with E-state index in [1.54, 1.807) is 0 Å². The fourth-order valence-electron chi connectivity index (χ4n) is 1.70. The van der Waals surface area contributed by atoms with Crippen molar-refractivity contribution in [3.05, 3.63) is 36.4 Å². The van der Waals surface area contributed by atoms with Gasteiger partial charge in [0.25, 0.3) is 0 Å². The molecule has 0 aliphatic rings. The molecule has 2 aromatic rings. The monoisotopic (exact) mass is 277 g/mol. The second-order valence-electron chi connectivity index (χ2n) is 3.99. The summed E-state index contributed by atoms with van der Waals surface area (Å²) in [6.07, 6.45) is 2.26. The Balaban J connectivity index is 0.000000861. The summed E-state index contributed by atoms with van der Waals surface area (Å²) in [4.78, 5) is 1.08. The average molecular weight is 277 g/mol. The van der Waals surface area contributed by atoms with Crippen LogP contribution < -0.4 is 9.88 Å². The van der Waals surface area contributed by atoms with E-state index < -0.39 is 0 Å². The minimum Gasteiger partial charge on any atom is -0.494 e. The van der Waals surface area contributed by atoms with Crippen molar-refractivity contribution in [2.45, 2.75) is 38.5 Å². The smallest absolute Gasteiger partial charge is 0.119 e. The van der Waals surface area contributed by atoms with E-state index in [1.807, 2.05) is 26.0 Å². The quantitative estimate of drug-likeness (QED) is 0.616. The summed E-state index contributed by atoms with van der Waals surface area (Å²) in [5.74, 6) is 0.944. The van der Waals surface area contributed by atoms with Crippen LogP contribution in [0.3, 0.4) is 0 Å². The first-order chi connectivity index (χ1) is 9.33. The number of hydrogen-bond acceptors (Lipinski definition) is 3. The number of benzene rings is 2. The lowest BCUT2D eigenvalue weighted by atomic mass is 10.1. The maximum Gasteiger partial charge on any atom is 0.119 e. The van der Waals surface area contributed by atoms with Gasteiger partial charge >= 0.3 is 0 Å². The number of unbranched alkanes of at least 4 members (excludes halogenated alkanes) is 1. The number of fused-ring (bicyclic) bond motifs is 1. The minimum absolute atomic E-state index is 0.790. The van der Waals surface area contributed by atoms with Gasteiger partial charge in [-0.15, -0.1) is 0 Å². The Morgan fingerprint density at radius 2 is 1.74 bits per heavy atom. The third kappa shape index (κ3) is 4.77. The van der Waals surface area contributed by atoms with Crippen molar-refractivity contribution in [1.82, 2.24) is 0 Å². The molecule has 0 saturated heterocycles. The third-order valence-electron chi connectivity index (χ3n) is 2.69. The van der Waals surface area contributed by atoms with Gasteiger partial charge in [0.05, 0.1) is 6.61 Å². The second kappa shape index (κ2) is 8.83. The van der Waals surface area contributed by atoms with Gasteiger partial charge in [-0.1, -0.05) is 39.3 Å². The molecule has 0 heterocycles. The molecule has 0 bridgehead atoms. The summed E-state index contributed by atoms with van der Waals surface area (Å²) in [6, 6.07) is 12.4. The highest BCUT2D eigenvalue weighted by Gasteiger charge is 1.99. The maximum absolute atomic E-state index is 5.68. The van der Waals surface area contributed by atoms with E-state index in [-0.39, 0.29) is 0 Å². The van der Waals surface area contributed by atoms with Crippen LogP contribution in [-0.4, -0.2) is 6.61 Å². The fourth-order valence-corrected chi connectivity index (χ4v) is 2.04. The van der Waals surface area contributed by atoms with Crippen molar-refractivity contribution in [3.8, 4) is 5.75 Å². The molecular formula is C16H23NOS. The van der Waals surface area contributed by atoms with E-state index in [0.717, 1.165) is 30.1 Å². The van der Waals surface area contributed by atoms with Crippen LogP contribution in [0.2, 0.25) is 0 Å². The molecule has 0 spiro atoms. The largest absolute Gasteiger partial charge is 0.494 e. The molecule has 0 fully saturated rings. The van der Waals surface area contributed by atoms with Crippen LogP contribution >= 0.6 is 11.9 Å². The second-order valence-corrected chi connectivity index (χ2v) is 4.70. The lowest BCUT2D eigenvalue weighted by molar-refractivity contribution is 0.310. The van der Waals surface area contributed by atoms with E-state index >= 15 is 0 Å². The number of hydrogen-bond donors (Lipinski definition) is 1. The SMILES string of the molecule is CC.CCCCOc1ccc2cc(SN)ccc2c1. The van der Waals surface area contributed by atoms with Crippen molar-refractivity contribution in [2.24, 2.45) is 5.14 Å². The van der Waals surface area contributed by atoms with E-state index in [1.165, 1.54) is 22.7 Å². The van der Waals surface area contributed by atoms with E-state index in [4.69, 9.17) is 9.88 Å². The number of nitrogens with two attached hydrogens (primary N) is 1. The Kier molecular flexibility index (Phi) is 7.38. The normalized spacial score (nSPS) is 9.89. The van der Waals surface area contributed by atoms with Crippen molar-refractivity contribution < 1.29 is 4.74 Å². The summed E-state index contributed by atoms with van der Waals surface area (Å²) < 4.78 is 5.68. The number of ether oxygens (including phenoxy) is 1. The summed E-state index contributed by atoms with van der Waals surface area (Å²) in [5.41, 5.74) is 0. The zero-order valence-corrected chi connectivity index (χ0v) is 12.8. The molecule has 0 radical (unpaired) electrons. The van der Waals surface area contributed by atoms with E-state index in [0.29, 0.717) is 0 Å². The predicted molar refractivity (Wildman–Crippen MR) is 85.7 cm³/mol. The van der Waals surface area contributed by atoms with Gasteiger partial charge in [0.15, 0.2) is 0 Å². The Morgan fingerprint density at radius 3 is 2.42 bits per heavy atom. The Morgan fingerprint density at radius 1 is 1.05 bits per heavy atom. The first kappa shape index (κ1) is 15.9. The molecule has 2 nitrogen and oxygen atoms in total. The molecule has 0 aliphatic heterocycles. The first-order valence-corrected chi connectivity index (χ1v) is 7.75. The highest BCUT2D eigenvalue weighted by molar-refractivity contribution is 7.97. The van der Waals surface area contributed by atoms with Crippen LogP contribution in [0.4, 0.5) is 0 Å². The molecule has 0 amide bonds. The molecule has 0 saturated carbocycles. The lowest BCUT2D eigenvalue weighted by Crippen LogP contribution is -1.96. The molecular weight excluding hydrogens is 254 g/mol. The lowest BCUT2D eigenvalue weighted by Gasteiger charge is -2.07. The Labute approximate surface area is 120 Å². The van der Waals surface area contributed by atoms with Crippen LogP contribution in [0.5, 0.6) is 5.75 Å². The van der Waals surface area contributed by atoms with Gasteiger partial charge in [-0.3, -0.25) is 5.14 Å². The molecule has 2 aromatic carbocycles. The van der Waals surface area contributed by atoms with Crippen LogP contribution in [0.1, 0.15) is 33.6 Å². The van der Waals surface area contributed by atoms with Crippen LogP contribution in [-0.2, 0) is 0 Å². The fraction of sp³-hybridized carbons (Fsp3) is 0.375. The number of rotatable bonds is 5. The summed E-state index contributed by atoms with van der Waals surface area (Å²) in [5, 5.41) is 7.93. The highest BCUT2D eigenvalue weighted by atomic mass is 32.2. The standard InChI is InChI=1S/C14H17NOS.C2H6/c1-2-3-8-16-13-6-4-12-10-14(17-15)7-5-11(12)9-13;1-2/h4-7,9-10H,2-3,8,15H2,1H3;1-2H3. The van der Waals surface area contributed by atoms with Gasteiger partial charge in [0.2, 0.25) is 0 Å². The average Bonchev–Trinajstić information content (AvgIpc) is 2.49. The molecule has 104 valence electrons. The van der Waals surface area contributed by atoms with Gasteiger partial charge in [-0.2, -0.15) is 0 Å². The summed E-state index contributed by atoms with van der Waals surface area (Å²) in [6.45, 7) is 6.95. The van der Waals surface area contributed by atoms with Crippen LogP contribution in [0.25, 0.3) is 10.8 Å². The predicted octanol–water partition coefficient (Wildman–Crippen LogP) is 5.01. The van der Waals surface area contributed by atoms with Crippen molar-refractivity contribution in [3.63, 3.8) is 0 Å². The van der Waals surface area contributed by atoms with E-state index in [2.05, 4.69) is 31.2 Å². The molecule has 2 rings (SSSR count). The summed E-state index contributed by atoms with van der Waals surface area (Å²) >= 11 is 1.27. The molecule has 0 aromatic heterocycles. The van der Waals surface area contributed by atoms with Gasteiger partial charge in [-0.05, 0) is 53.4 Å². The Hall–Kier alpha value is -1.19. The van der Waals surface area contributed by atoms with E-state index in [9.17, 15) is 0 Å². The molecule has 0 atom stereocenters. The Bertz CT molecular complexity index is 499.